The lowest BCUT2D eigenvalue weighted by Crippen LogP contribution is -2.51. The number of esters is 3. The maximum Gasteiger partial charge on any atom is 0.405 e. The molecule has 0 aliphatic carbocycles. The van der Waals surface area contributed by atoms with Gasteiger partial charge in [0.1, 0.15) is 0 Å². The lowest BCUT2D eigenvalue weighted by molar-refractivity contribution is -0.165. The van der Waals surface area contributed by atoms with Crippen molar-refractivity contribution in [3.63, 3.8) is 0 Å². The second kappa shape index (κ2) is 7.81. The first-order valence-electron chi connectivity index (χ1n) is 9.38. The molecular formula is C17H22F2O10S2. The van der Waals surface area contributed by atoms with Crippen LogP contribution in [-0.2, 0) is 38.7 Å². The summed E-state index contributed by atoms with van der Waals surface area (Å²) < 4.78 is 71.7. The highest BCUT2D eigenvalue weighted by atomic mass is 32.2. The van der Waals surface area contributed by atoms with Crippen LogP contribution in [0.5, 0.6) is 0 Å². The van der Waals surface area contributed by atoms with Gasteiger partial charge in [0.2, 0.25) is 0 Å². The standard InChI is InChI=1S/C17H22F2O10S2/c1-6(17(18,19)31(24,25)26)27-7(20)4-5-8(21)28-12-11-13-9(15(22)29-11)10(14(12)30-13)16(2,3)23/h6,9-14,23H,4-5H2,1-3H3,(H,24,25,26). The molecule has 0 spiro atoms. The topological polar surface area (TPSA) is 154 Å². The summed E-state index contributed by atoms with van der Waals surface area (Å²) in [5.41, 5.74) is -1.23. The first-order valence-corrected chi connectivity index (χ1v) is 11.8. The fourth-order valence-corrected chi connectivity index (χ4v) is 6.93. The quantitative estimate of drug-likeness (QED) is 0.279. The van der Waals surface area contributed by atoms with Crippen molar-refractivity contribution < 1.29 is 55.5 Å². The lowest BCUT2D eigenvalue weighted by atomic mass is 9.71. The van der Waals surface area contributed by atoms with Crippen molar-refractivity contribution in [3.8, 4) is 0 Å². The molecule has 176 valence electrons. The minimum Gasteiger partial charge on any atom is -0.457 e. The molecule has 14 heteroatoms. The van der Waals surface area contributed by atoms with E-state index in [-0.39, 0.29) is 5.25 Å². The molecule has 31 heavy (non-hydrogen) atoms. The van der Waals surface area contributed by atoms with Crippen LogP contribution in [0, 0.1) is 11.8 Å². The molecular weight excluding hydrogens is 466 g/mol. The molecule has 0 aromatic heterocycles. The molecule has 0 saturated carbocycles. The van der Waals surface area contributed by atoms with Crippen molar-refractivity contribution in [2.24, 2.45) is 11.8 Å². The van der Waals surface area contributed by atoms with Gasteiger partial charge >= 0.3 is 33.3 Å². The van der Waals surface area contributed by atoms with E-state index in [9.17, 15) is 36.7 Å². The van der Waals surface area contributed by atoms with Gasteiger partial charge in [-0.1, -0.05) is 0 Å². The molecule has 10 nitrogen and oxygen atoms in total. The molecule has 2 bridgehead atoms. The molecule has 3 heterocycles. The van der Waals surface area contributed by atoms with Gasteiger partial charge in [-0.05, 0) is 20.8 Å². The normalized spacial score (nSPS) is 33.2. The summed E-state index contributed by atoms with van der Waals surface area (Å²) in [7, 11) is -5.79. The number of hydrogen-bond acceptors (Lipinski definition) is 10. The predicted molar refractivity (Wildman–Crippen MR) is 99.5 cm³/mol. The summed E-state index contributed by atoms with van der Waals surface area (Å²) in [6.07, 6.45) is -5.22. The number of hydrogen-bond donors (Lipinski definition) is 2. The molecule has 2 N–H and O–H groups in total. The predicted octanol–water partition coefficient (Wildman–Crippen LogP) is 0.517. The molecule has 3 aliphatic rings. The largest absolute Gasteiger partial charge is 0.457 e. The van der Waals surface area contributed by atoms with Crippen LogP contribution < -0.4 is 0 Å². The van der Waals surface area contributed by atoms with Crippen molar-refractivity contribution in [2.75, 3.05) is 0 Å². The summed E-state index contributed by atoms with van der Waals surface area (Å²) >= 11 is 1.40. The monoisotopic (exact) mass is 488 g/mol. The van der Waals surface area contributed by atoms with Gasteiger partial charge in [-0.2, -0.15) is 17.2 Å². The highest BCUT2D eigenvalue weighted by Gasteiger charge is 2.71. The number of thioether (sulfide) groups is 1. The second-order valence-corrected chi connectivity index (χ2v) is 11.2. The van der Waals surface area contributed by atoms with Gasteiger partial charge in [-0.15, -0.1) is 11.8 Å². The summed E-state index contributed by atoms with van der Waals surface area (Å²) in [6, 6.07) is 0. The summed E-state index contributed by atoms with van der Waals surface area (Å²) in [4.78, 5) is 36.1. The van der Waals surface area contributed by atoms with E-state index in [4.69, 9.17) is 14.0 Å². The Kier molecular flexibility index (Phi) is 6.08. The molecule has 7 atom stereocenters. The number of alkyl halides is 2. The Morgan fingerprint density at radius 2 is 1.81 bits per heavy atom. The Morgan fingerprint density at radius 3 is 2.35 bits per heavy atom. The Labute approximate surface area is 180 Å². The van der Waals surface area contributed by atoms with Gasteiger partial charge < -0.3 is 19.3 Å². The highest BCUT2D eigenvalue weighted by Crippen LogP contribution is 2.61. The van der Waals surface area contributed by atoms with Crippen molar-refractivity contribution >= 4 is 39.8 Å². The number of carbonyl (C=O) groups is 3. The maximum atomic E-state index is 13.4. The maximum absolute atomic E-state index is 13.4. The van der Waals surface area contributed by atoms with E-state index in [1.54, 1.807) is 13.8 Å². The van der Waals surface area contributed by atoms with Crippen LogP contribution in [0.2, 0.25) is 0 Å². The van der Waals surface area contributed by atoms with Gasteiger partial charge in [-0.3, -0.25) is 18.9 Å². The first-order chi connectivity index (χ1) is 14.1. The van der Waals surface area contributed by atoms with Crippen LogP contribution in [0.3, 0.4) is 0 Å². The van der Waals surface area contributed by atoms with E-state index in [0.29, 0.717) is 6.92 Å². The number of rotatable bonds is 8. The van der Waals surface area contributed by atoms with Crippen LogP contribution in [0.1, 0.15) is 33.6 Å². The third-order valence-electron chi connectivity index (χ3n) is 5.65. The van der Waals surface area contributed by atoms with Gasteiger partial charge in [0.05, 0.1) is 34.9 Å². The molecule has 3 rings (SSSR count). The Bertz CT molecular complexity index is 884. The summed E-state index contributed by atoms with van der Waals surface area (Å²) in [5, 5.41) is 5.10. The summed E-state index contributed by atoms with van der Waals surface area (Å²) in [6.45, 7) is 3.69. The molecule has 0 radical (unpaired) electrons. The van der Waals surface area contributed by atoms with E-state index in [0.717, 1.165) is 0 Å². The van der Waals surface area contributed by atoms with Crippen molar-refractivity contribution in [1.29, 1.82) is 0 Å². The molecule has 3 aliphatic heterocycles. The highest BCUT2D eigenvalue weighted by molar-refractivity contribution is 8.01. The van der Waals surface area contributed by atoms with Crippen LogP contribution in [0.15, 0.2) is 0 Å². The van der Waals surface area contributed by atoms with Crippen molar-refractivity contribution in [3.05, 3.63) is 0 Å². The fraction of sp³-hybridized carbons (Fsp3) is 0.824. The minimum atomic E-state index is -5.79. The zero-order valence-electron chi connectivity index (χ0n) is 16.7. The number of halogens is 2. The average Bonchev–Trinajstić information content (AvgIpc) is 3.21. The SMILES string of the molecule is CC(OC(=O)CCC(=O)OC1C2OC(=O)C3C2SC1C3C(C)(C)O)C(F)(F)S(=O)(=O)O. The number of ether oxygens (including phenoxy) is 3. The summed E-state index contributed by atoms with van der Waals surface area (Å²) in [5.74, 6) is -3.64. The lowest BCUT2D eigenvalue weighted by Gasteiger charge is -2.36. The third-order valence-corrected chi connectivity index (χ3v) is 8.42. The van der Waals surface area contributed by atoms with E-state index >= 15 is 0 Å². The molecule has 3 saturated heterocycles. The molecule has 7 unspecified atom stereocenters. The van der Waals surface area contributed by atoms with Gasteiger partial charge in [0.25, 0.3) is 0 Å². The molecule has 3 fully saturated rings. The second-order valence-electron chi connectivity index (χ2n) is 8.30. The third kappa shape index (κ3) is 4.26. The average molecular weight is 488 g/mol. The van der Waals surface area contributed by atoms with Crippen LogP contribution in [0.25, 0.3) is 0 Å². The van der Waals surface area contributed by atoms with Gasteiger partial charge in [0, 0.05) is 5.92 Å². The van der Waals surface area contributed by atoms with Crippen LogP contribution >= 0.6 is 11.8 Å². The van der Waals surface area contributed by atoms with E-state index in [1.807, 2.05) is 0 Å². The minimum absolute atomic E-state index is 0.264. The van der Waals surface area contributed by atoms with Crippen LogP contribution in [0.4, 0.5) is 8.78 Å². The van der Waals surface area contributed by atoms with Crippen molar-refractivity contribution in [2.45, 2.75) is 73.3 Å². The molecule has 0 aromatic rings. The zero-order chi connectivity index (χ0) is 23.5. The number of fused-ring (bicyclic) bond motifs is 1. The first kappa shape index (κ1) is 24.1. The zero-order valence-corrected chi connectivity index (χ0v) is 18.3. The Balaban J connectivity index is 1.56. The fourth-order valence-electron chi connectivity index (χ4n) is 4.25. The number of carbonyl (C=O) groups excluding carboxylic acids is 3. The Hall–Kier alpha value is -1.51. The van der Waals surface area contributed by atoms with Crippen LogP contribution in [-0.4, -0.2) is 75.7 Å². The van der Waals surface area contributed by atoms with Crippen molar-refractivity contribution in [1.82, 2.24) is 0 Å². The molecule has 0 aromatic carbocycles. The molecule has 0 amide bonds. The number of aliphatic hydroxyl groups is 1. The van der Waals surface area contributed by atoms with E-state index < -0.39 is 87.1 Å². The Morgan fingerprint density at radius 1 is 1.23 bits per heavy atom. The van der Waals surface area contributed by atoms with Gasteiger partial charge in [-0.25, -0.2) is 0 Å². The van der Waals surface area contributed by atoms with E-state index in [1.165, 1.54) is 11.8 Å². The van der Waals surface area contributed by atoms with E-state index in [2.05, 4.69) is 4.74 Å². The smallest absolute Gasteiger partial charge is 0.405 e. The van der Waals surface area contributed by atoms with Gasteiger partial charge in [0.15, 0.2) is 18.3 Å².